The average molecular weight is 147 g/mol. The van der Waals surface area contributed by atoms with Crippen LogP contribution >= 0.6 is 0 Å². The van der Waals surface area contributed by atoms with Crippen molar-refractivity contribution in [3.63, 3.8) is 0 Å². The van der Waals surface area contributed by atoms with Crippen LogP contribution in [0.3, 0.4) is 0 Å². The molecule has 0 amide bonds. The predicted octanol–water partition coefficient (Wildman–Crippen LogP) is 0.415. The Kier molecular flexibility index (Phi) is 1.61. The van der Waals surface area contributed by atoms with Gasteiger partial charge in [-0.2, -0.15) is 0 Å². The minimum Gasteiger partial charge on any atom is -0.397 e. The second-order valence-electron chi connectivity index (χ2n) is 2.21. The van der Waals surface area contributed by atoms with Crippen LogP contribution in [0.15, 0.2) is 12.1 Å². The lowest BCUT2D eigenvalue weighted by molar-refractivity contribution is 1.61. The zero-order valence-electron chi connectivity index (χ0n) is 5.96. The number of terminal acetylenes is 1. The third-order valence-electron chi connectivity index (χ3n) is 1.41. The summed E-state index contributed by atoms with van der Waals surface area (Å²) in [5.41, 5.74) is 18.4. The number of nitrogen functional groups attached to an aromatic ring is 3. The summed E-state index contributed by atoms with van der Waals surface area (Å²) in [6.07, 6.45) is 5.14. The van der Waals surface area contributed by atoms with E-state index in [9.17, 15) is 0 Å². The van der Waals surface area contributed by atoms with Gasteiger partial charge in [0.2, 0.25) is 0 Å². The Hall–Kier alpha value is -1.82. The van der Waals surface area contributed by atoms with Crippen LogP contribution in [0.4, 0.5) is 17.1 Å². The van der Waals surface area contributed by atoms with E-state index in [2.05, 4.69) is 5.92 Å². The van der Waals surface area contributed by atoms with Gasteiger partial charge in [0, 0.05) is 5.56 Å². The average Bonchev–Trinajstić information content (AvgIpc) is 1.99. The molecule has 0 fully saturated rings. The quantitative estimate of drug-likeness (QED) is 0.367. The van der Waals surface area contributed by atoms with Crippen LogP contribution in [0.2, 0.25) is 0 Å². The maximum absolute atomic E-state index is 5.50. The largest absolute Gasteiger partial charge is 0.397 e. The maximum atomic E-state index is 5.50. The zero-order valence-corrected chi connectivity index (χ0v) is 5.96. The number of rotatable bonds is 0. The van der Waals surface area contributed by atoms with Crippen molar-refractivity contribution in [1.29, 1.82) is 0 Å². The molecule has 0 aliphatic rings. The Labute approximate surface area is 65.2 Å². The highest BCUT2D eigenvalue weighted by molar-refractivity contribution is 5.79. The molecule has 3 heteroatoms. The van der Waals surface area contributed by atoms with Crippen molar-refractivity contribution in [3.8, 4) is 12.3 Å². The van der Waals surface area contributed by atoms with E-state index in [1.165, 1.54) is 0 Å². The van der Waals surface area contributed by atoms with Gasteiger partial charge in [-0.3, -0.25) is 0 Å². The van der Waals surface area contributed by atoms with E-state index < -0.39 is 0 Å². The fourth-order valence-corrected chi connectivity index (χ4v) is 0.782. The molecule has 0 saturated carbocycles. The fourth-order valence-electron chi connectivity index (χ4n) is 0.782. The third kappa shape index (κ3) is 1.19. The molecule has 0 aliphatic heterocycles. The molecule has 0 saturated heterocycles. The highest BCUT2D eigenvalue weighted by Gasteiger charge is 1.99. The Balaban J connectivity index is 3.35. The first-order valence-electron chi connectivity index (χ1n) is 3.06. The van der Waals surface area contributed by atoms with Gasteiger partial charge in [0.1, 0.15) is 0 Å². The fraction of sp³-hybridized carbons (Fsp3) is 0. The monoisotopic (exact) mass is 147 g/mol. The van der Waals surface area contributed by atoms with E-state index in [0.29, 0.717) is 22.6 Å². The first-order valence-corrected chi connectivity index (χ1v) is 3.06. The third-order valence-corrected chi connectivity index (χ3v) is 1.41. The Morgan fingerprint density at radius 3 is 1.91 bits per heavy atom. The highest BCUT2D eigenvalue weighted by atomic mass is 14.7. The number of hydrogen-bond acceptors (Lipinski definition) is 3. The van der Waals surface area contributed by atoms with E-state index >= 15 is 0 Å². The van der Waals surface area contributed by atoms with Crippen molar-refractivity contribution >= 4 is 17.1 Å². The van der Waals surface area contributed by atoms with E-state index in [1.807, 2.05) is 0 Å². The number of benzene rings is 1. The van der Waals surface area contributed by atoms with E-state index in [-0.39, 0.29) is 0 Å². The van der Waals surface area contributed by atoms with Crippen molar-refractivity contribution in [2.75, 3.05) is 17.2 Å². The van der Waals surface area contributed by atoms with Crippen LogP contribution in [0, 0.1) is 12.3 Å². The smallest absolute Gasteiger partial charge is 0.0782 e. The zero-order chi connectivity index (χ0) is 8.43. The normalized spacial score (nSPS) is 9.00. The summed E-state index contributed by atoms with van der Waals surface area (Å²) in [5.74, 6) is 2.42. The van der Waals surface area contributed by atoms with Crippen molar-refractivity contribution in [2.24, 2.45) is 0 Å². The lowest BCUT2D eigenvalue weighted by Crippen LogP contribution is -2.00. The van der Waals surface area contributed by atoms with Gasteiger partial charge in [-0.1, -0.05) is 5.92 Å². The van der Waals surface area contributed by atoms with Gasteiger partial charge in [-0.15, -0.1) is 6.42 Å². The summed E-state index contributed by atoms with van der Waals surface area (Å²) in [5, 5.41) is 0. The lowest BCUT2D eigenvalue weighted by atomic mass is 10.1. The summed E-state index contributed by atoms with van der Waals surface area (Å²) < 4.78 is 0. The van der Waals surface area contributed by atoms with E-state index in [1.54, 1.807) is 12.1 Å². The Morgan fingerprint density at radius 1 is 1.09 bits per heavy atom. The van der Waals surface area contributed by atoms with Crippen molar-refractivity contribution < 1.29 is 0 Å². The minimum atomic E-state index is 0.393. The molecule has 0 bridgehead atoms. The molecule has 0 atom stereocenters. The van der Waals surface area contributed by atoms with Gasteiger partial charge < -0.3 is 17.2 Å². The molecule has 56 valence electrons. The molecule has 6 N–H and O–H groups in total. The van der Waals surface area contributed by atoms with Gasteiger partial charge in [0.15, 0.2) is 0 Å². The van der Waals surface area contributed by atoms with Crippen LogP contribution in [-0.2, 0) is 0 Å². The van der Waals surface area contributed by atoms with Crippen LogP contribution < -0.4 is 17.2 Å². The minimum absolute atomic E-state index is 0.393. The summed E-state index contributed by atoms with van der Waals surface area (Å²) >= 11 is 0. The first-order chi connectivity index (χ1) is 5.15. The molecule has 11 heavy (non-hydrogen) atoms. The van der Waals surface area contributed by atoms with Gasteiger partial charge in [-0.05, 0) is 12.1 Å². The summed E-state index contributed by atoms with van der Waals surface area (Å²) in [4.78, 5) is 0. The standard InChI is InChI=1S/C8H9N3/c1-2-5-3-6(9)8(11)7(10)4-5/h1,3-4H,9-11H2. The molecule has 1 rings (SSSR count). The van der Waals surface area contributed by atoms with Crippen molar-refractivity contribution in [3.05, 3.63) is 17.7 Å². The van der Waals surface area contributed by atoms with Gasteiger partial charge >= 0.3 is 0 Å². The summed E-state index contributed by atoms with van der Waals surface area (Å²) in [6.45, 7) is 0. The first kappa shape index (κ1) is 7.29. The molecule has 0 aliphatic carbocycles. The lowest BCUT2D eigenvalue weighted by Gasteiger charge is -2.03. The van der Waals surface area contributed by atoms with Gasteiger partial charge in [0.25, 0.3) is 0 Å². The molecule has 1 aromatic rings. The van der Waals surface area contributed by atoms with Crippen molar-refractivity contribution in [2.45, 2.75) is 0 Å². The number of anilines is 3. The maximum Gasteiger partial charge on any atom is 0.0782 e. The molecule has 1 aromatic carbocycles. The van der Waals surface area contributed by atoms with Crippen LogP contribution in [0.5, 0.6) is 0 Å². The van der Waals surface area contributed by atoms with Gasteiger partial charge in [-0.25, -0.2) is 0 Å². The second kappa shape index (κ2) is 2.43. The molecule has 0 radical (unpaired) electrons. The molecule has 3 nitrogen and oxygen atoms in total. The molecule has 0 unspecified atom stereocenters. The van der Waals surface area contributed by atoms with Crippen LogP contribution in [-0.4, -0.2) is 0 Å². The molecule has 0 heterocycles. The molecule has 0 aromatic heterocycles. The predicted molar refractivity (Wildman–Crippen MR) is 47.6 cm³/mol. The van der Waals surface area contributed by atoms with Crippen molar-refractivity contribution in [1.82, 2.24) is 0 Å². The molecular weight excluding hydrogens is 138 g/mol. The molecular formula is C8H9N3. The second-order valence-corrected chi connectivity index (χ2v) is 2.21. The van der Waals surface area contributed by atoms with Crippen LogP contribution in [0.1, 0.15) is 5.56 Å². The summed E-state index contributed by atoms with van der Waals surface area (Å²) in [6, 6.07) is 3.23. The summed E-state index contributed by atoms with van der Waals surface area (Å²) in [7, 11) is 0. The Morgan fingerprint density at radius 2 is 1.55 bits per heavy atom. The Bertz CT molecular complexity index is 300. The number of hydrogen-bond donors (Lipinski definition) is 3. The SMILES string of the molecule is C#Cc1cc(N)c(N)c(N)c1. The molecule has 0 spiro atoms. The van der Waals surface area contributed by atoms with E-state index in [4.69, 9.17) is 23.6 Å². The van der Waals surface area contributed by atoms with Crippen LogP contribution in [0.25, 0.3) is 0 Å². The number of nitrogens with two attached hydrogens (primary N) is 3. The van der Waals surface area contributed by atoms with Gasteiger partial charge in [0.05, 0.1) is 17.1 Å². The topological polar surface area (TPSA) is 78.1 Å². The highest BCUT2D eigenvalue weighted by Crippen LogP contribution is 2.23. The van der Waals surface area contributed by atoms with E-state index in [0.717, 1.165) is 0 Å².